The summed E-state index contributed by atoms with van der Waals surface area (Å²) < 4.78 is 26.6. The molecule has 1 fully saturated rings. The Bertz CT molecular complexity index is 606. The molecule has 1 aliphatic rings. The van der Waals surface area contributed by atoms with E-state index < -0.39 is 10.0 Å². The molecule has 1 atom stereocenters. The van der Waals surface area contributed by atoms with Crippen LogP contribution in [0.15, 0.2) is 23.1 Å². The van der Waals surface area contributed by atoms with Crippen LogP contribution in [0, 0.1) is 0 Å². The van der Waals surface area contributed by atoms with Crippen LogP contribution >= 0.6 is 11.6 Å². The highest BCUT2D eigenvalue weighted by Crippen LogP contribution is 2.25. The second-order valence-electron chi connectivity index (χ2n) is 5.39. The number of nitrogens with two attached hydrogens (primary N) is 1. The molecule has 21 heavy (non-hydrogen) atoms. The van der Waals surface area contributed by atoms with Gasteiger partial charge in [0.1, 0.15) is 0 Å². The van der Waals surface area contributed by atoms with Gasteiger partial charge in [-0.2, -0.15) is 4.31 Å². The molecule has 7 heteroatoms. The Morgan fingerprint density at radius 1 is 1.48 bits per heavy atom. The van der Waals surface area contributed by atoms with Crippen LogP contribution in [0.1, 0.15) is 19.8 Å². The molecule has 5 nitrogen and oxygen atoms in total. The molecular formula is C14H22ClN3O2S. The number of hydrogen-bond donors (Lipinski definition) is 1. The molecule has 1 heterocycles. The molecular weight excluding hydrogens is 310 g/mol. The van der Waals surface area contributed by atoms with Crippen LogP contribution in [0.2, 0.25) is 5.02 Å². The molecule has 2 rings (SSSR count). The van der Waals surface area contributed by atoms with Gasteiger partial charge in [-0.25, -0.2) is 8.42 Å². The third kappa shape index (κ3) is 3.51. The highest BCUT2D eigenvalue weighted by molar-refractivity contribution is 7.89. The lowest BCUT2D eigenvalue weighted by molar-refractivity contribution is 0.237. The van der Waals surface area contributed by atoms with Crippen molar-refractivity contribution in [2.45, 2.75) is 30.7 Å². The minimum absolute atomic E-state index is 0.185. The highest BCUT2D eigenvalue weighted by atomic mass is 35.5. The topological polar surface area (TPSA) is 66.6 Å². The molecule has 0 spiro atoms. The summed E-state index contributed by atoms with van der Waals surface area (Å²) in [7, 11) is -1.91. The monoisotopic (exact) mass is 331 g/mol. The fourth-order valence-corrected chi connectivity index (χ4v) is 4.24. The lowest BCUT2D eigenvalue weighted by Crippen LogP contribution is -2.41. The van der Waals surface area contributed by atoms with Crippen LogP contribution < -0.4 is 5.73 Å². The van der Waals surface area contributed by atoms with Gasteiger partial charge in [-0.15, -0.1) is 0 Å². The summed E-state index contributed by atoms with van der Waals surface area (Å²) in [5.74, 6) is 0. The molecule has 0 amide bonds. The maximum Gasteiger partial charge on any atom is 0.242 e. The van der Waals surface area contributed by atoms with Gasteiger partial charge in [0, 0.05) is 19.6 Å². The van der Waals surface area contributed by atoms with E-state index in [1.54, 1.807) is 7.05 Å². The molecule has 1 aromatic carbocycles. The number of benzene rings is 1. The minimum Gasteiger partial charge on any atom is -0.398 e. The van der Waals surface area contributed by atoms with Gasteiger partial charge >= 0.3 is 0 Å². The van der Waals surface area contributed by atoms with E-state index in [1.165, 1.54) is 22.5 Å². The standard InChI is InChI=1S/C14H22ClN3O2S/c1-3-18-8-4-5-11(18)10-17(2)21(19,20)12-6-7-14(16)13(15)9-12/h6-7,9,11H,3-5,8,10,16H2,1-2H3. The van der Waals surface area contributed by atoms with E-state index in [2.05, 4.69) is 11.8 Å². The molecule has 1 saturated heterocycles. The highest BCUT2D eigenvalue weighted by Gasteiger charge is 2.29. The lowest BCUT2D eigenvalue weighted by Gasteiger charge is -2.27. The Balaban J connectivity index is 2.16. The first kappa shape index (κ1) is 16.5. The summed E-state index contributed by atoms with van der Waals surface area (Å²) in [6.07, 6.45) is 2.16. The number of nitrogens with zero attached hydrogens (tertiary/aromatic N) is 2. The number of hydrogen-bond acceptors (Lipinski definition) is 4. The van der Waals surface area contributed by atoms with Crippen LogP contribution in [-0.4, -0.2) is 50.3 Å². The fourth-order valence-electron chi connectivity index (χ4n) is 2.76. The second kappa shape index (κ2) is 6.52. The van der Waals surface area contributed by atoms with Crippen molar-refractivity contribution < 1.29 is 8.42 Å². The molecule has 1 unspecified atom stereocenters. The van der Waals surface area contributed by atoms with Gasteiger partial charge in [-0.3, -0.25) is 4.90 Å². The van der Waals surface area contributed by atoms with Gasteiger partial charge in [0.25, 0.3) is 0 Å². The van der Waals surface area contributed by atoms with E-state index in [9.17, 15) is 8.42 Å². The fraction of sp³-hybridized carbons (Fsp3) is 0.571. The van der Waals surface area contributed by atoms with E-state index in [-0.39, 0.29) is 9.92 Å². The maximum atomic E-state index is 12.6. The molecule has 0 aromatic heterocycles. The minimum atomic E-state index is -3.53. The van der Waals surface area contributed by atoms with Crippen molar-refractivity contribution in [1.82, 2.24) is 9.21 Å². The predicted molar refractivity (Wildman–Crippen MR) is 85.9 cm³/mol. The third-order valence-corrected chi connectivity index (χ3v) is 6.20. The lowest BCUT2D eigenvalue weighted by atomic mass is 10.2. The van der Waals surface area contributed by atoms with E-state index in [0.717, 1.165) is 25.9 Å². The van der Waals surface area contributed by atoms with Gasteiger partial charge in [-0.05, 0) is 44.1 Å². The van der Waals surface area contributed by atoms with Gasteiger partial charge in [0.15, 0.2) is 0 Å². The zero-order valence-electron chi connectivity index (χ0n) is 12.4. The number of anilines is 1. The molecule has 0 bridgehead atoms. The smallest absolute Gasteiger partial charge is 0.242 e. The molecule has 0 aliphatic carbocycles. The Morgan fingerprint density at radius 3 is 2.81 bits per heavy atom. The van der Waals surface area contributed by atoms with Crippen LogP contribution in [0.5, 0.6) is 0 Å². The van der Waals surface area contributed by atoms with Gasteiger partial charge < -0.3 is 5.73 Å². The number of halogens is 1. The van der Waals surface area contributed by atoms with E-state index in [0.29, 0.717) is 18.3 Å². The summed E-state index contributed by atoms with van der Waals surface area (Å²) in [4.78, 5) is 2.51. The van der Waals surface area contributed by atoms with Crippen molar-refractivity contribution in [3.8, 4) is 0 Å². The third-order valence-electron chi connectivity index (χ3n) is 4.05. The average Bonchev–Trinajstić information content (AvgIpc) is 2.88. The molecule has 2 N–H and O–H groups in total. The Labute approximate surface area is 131 Å². The second-order valence-corrected chi connectivity index (χ2v) is 7.85. The van der Waals surface area contributed by atoms with Crippen molar-refractivity contribution in [2.24, 2.45) is 0 Å². The summed E-state index contributed by atoms with van der Waals surface area (Å²) in [5.41, 5.74) is 6.01. The summed E-state index contributed by atoms with van der Waals surface area (Å²) in [5, 5.41) is 0.264. The van der Waals surface area contributed by atoms with Crippen LogP contribution in [0.4, 0.5) is 5.69 Å². The number of sulfonamides is 1. The van der Waals surface area contributed by atoms with E-state index in [4.69, 9.17) is 17.3 Å². The van der Waals surface area contributed by atoms with Gasteiger partial charge in [0.05, 0.1) is 15.6 Å². The van der Waals surface area contributed by atoms with Crippen molar-refractivity contribution >= 4 is 27.3 Å². The largest absolute Gasteiger partial charge is 0.398 e. The Morgan fingerprint density at radius 2 is 2.19 bits per heavy atom. The normalized spacial score (nSPS) is 20.3. The van der Waals surface area contributed by atoms with Crippen molar-refractivity contribution in [1.29, 1.82) is 0 Å². The maximum absolute atomic E-state index is 12.6. The molecule has 0 saturated carbocycles. The molecule has 0 radical (unpaired) electrons. The Kier molecular flexibility index (Phi) is 5.14. The number of nitrogen functional groups attached to an aromatic ring is 1. The summed E-state index contributed by atoms with van der Waals surface area (Å²) in [6.45, 7) is 4.60. The predicted octanol–water partition coefficient (Wildman–Crippen LogP) is 2.03. The van der Waals surface area contributed by atoms with Crippen LogP contribution in [0.3, 0.4) is 0 Å². The number of likely N-dealkylation sites (tertiary alicyclic amines) is 1. The molecule has 118 valence electrons. The SMILES string of the molecule is CCN1CCCC1CN(C)S(=O)(=O)c1ccc(N)c(Cl)c1. The zero-order valence-corrected chi connectivity index (χ0v) is 14.0. The molecule has 1 aliphatic heterocycles. The average molecular weight is 332 g/mol. The summed E-state index contributed by atoms with van der Waals surface area (Å²) in [6, 6.07) is 4.73. The van der Waals surface area contributed by atoms with Crippen molar-refractivity contribution in [2.75, 3.05) is 32.4 Å². The first-order valence-electron chi connectivity index (χ1n) is 7.11. The first-order chi connectivity index (χ1) is 9.86. The van der Waals surface area contributed by atoms with Crippen LogP contribution in [-0.2, 0) is 10.0 Å². The summed E-state index contributed by atoms with van der Waals surface area (Å²) >= 11 is 5.92. The Hall–Kier alpha value is -0.820. The van der Waals surface area contributed by atoms with Crippen LogP contribution in [0.25, 0.3) is 0 Å². The first-order valence-corrected chi connectivity index (χ1v) is 8.93. The quantitative estimate of drug-likeness (QED) is 0.838. The van der Waals surface area contributed by atoms with Crippen molar-refractivity contribution in [3.05, 3.63) is 23.2 Å². The number of likely N-dealkylation sites (N-methyl/N-ethyl adjacent to an activating group) is 2. The van der Waals surface area contributed by atoms with Crippen molar-refractivity contribution in [3.63, 3.8) is 0 Å². The van der Waals surface area contributed by atoms with E-state index >= 15 is 0 Å². The van der Waals surface area contributed by atoms with Gasteiger partial charge in [0.2, 0.25) is 10.0 Å². The molecule has 1 aromatic rings. The number of rotatable bonds is 5. The van der Waals surface area contributed by atoms with Gasteiger partial charge in [-0.1, -0.05) is 18.5 Å². The van der Waals surface area contributed by atoms with E-state index in [1.807, 2.05) is 0 Å². The zero-order chi connectivity index (χ0) is 15.6.